The third-order valence-corrected chi connectivity index (χ3v) is 3.99. The van der Waals surface area contributed by atoms with Crippen molar-refractivity contribution in [1.82, 2.24) is 10.6 Å². The lowest BCUT2D eigenvalue weighted by atomic mass is 9.86. The van der Waals surface area contributed by atoms with Crippen LogP contribution in [0.1, 0.15) is 46.5 Å². The number of carbonyl (C=O) groups excluding carboxylic acids is 1. The zero-order valence-corrected chi connectivity index (χ0v) is 14.7. The molecule has 2 rings (SSSR count). The number of nitrogens with one attached hydrogen (secondary N) is 2. The fraction of sp³-hybridized carbons (Fsp3) is 0.750. The Morgan fingerprint density at radius 2 is 2.09 bits per heavy atom. The second-order valence-electron chi connectivity index (χ2n) is 7.00. The number of amides is 1. The van der Waals surface area contributed by atoms with Crippen molar-refractivity contribution >= 4 is 23.9 Å². The summed E-state index contributed by atoms with van der Waals surface area (Å²) in [6.07, 6.45) is 6.99. The standard InChI is InChI=1S/C16H26ClN3O3/c1-16(2,3)23-15(21)20-12-6-4-11(5-7-12)10-22-13-8-18-14(17)19-9-13/h8-9,11-12,14,18H,4-7,10H2,1-3H3,(H,20,21)/t11-,12-,14?. The van der Waals surface area contributed by atoms with Gasteiger partial charge in [-0.1, -0.05) is 11.6 Å². The van der Waals surface area contributed by atoms with E-state index in [1.165, 1.54) is 0 Å². The molecule has 1 unspecified atom stereocenters. The summed E-state index contributed by atoms with van der Waals surface area (Å²) in [5, 5.41) is 5.83. The SMILES string of the molecule is CC(C)(C)OC(=O)N[C@H]1CC[C@H](COC2=CNC(Cl)N=C2)CC1. The van der Waals surface area contributed by atoms with Gasteiger partial charge in [0.15, 0.2) is 11.4 Å². The van der Waals surface area contributed by atoms with E-state index in [-0.39, 0.29) is 12.1 Å². The Hall–Kier alpha value is -1.43. The summed E-state index contributed by atoms with van der Waals surface area (Å²) in [4.78, 5) is 15.8. The van der Waals surface area contributed by atoms with Crippen LogP contribution in [-0.4, -0.2) is 36.2 Å². The van der Waals surface area contributed by atoms with Gasteiger partial charge in [-0.25, -0.2) is 9.79 Å². The number of nitrogens with zero attached hydrogens (tertiary/aromatic N) is 1. The van der Waals surface area contributed by atoms with E-state index < -0.39 is 11.2 Å². The summed E-state index contributed by atoms with van der Waals surface area (Å²) in [5.74, 6) is 1.20. The molecule has 0 saturated heterocycles. The second kappa shape index (κ2) is 7.90. The van der Waals surface area contributed by atoms with E-state index in [0.717, 1.165) is 25.7 Å². The summed E-state index contributed by atoms with van der Waals surface area (Å²) in [6.45, 7) is 6.26. The van der Waals surface area contributed by atoms with Crippen molar-refractivity contribution in [3.05, 3.63) is 12.0 Å². The Kier molecular flexibility index (Phi) is 6.16. The highest BCUT2D eigenvalue weighted by molar-refractivity contribution is 6.20. The van der Waals surface area contributed by atoms with Crippen LogP contribution in [-0.2, 0) is 9.47 Å². The number of alkyl halides is 1. The van der Waals surface area contributed by atoms with E-state index in [0.29, 0.717) is 18.3 Å². The van der Waals surface area contributed by atoms with Gasteiger partial charge >= 0.3 is 6.09 Å². The predicted octanol–water partition coefficient (Wildman–Crippen LogP) is 3.12. The van der Waals surface area contributed by atoms with Crippen molar-refractivity contribution in [2.45, 2.75) is 63.7 Å². The van der Waals surface area contributed by atoms with Crippen molar-refractivity contribution in [2.75, 3.05) is 6.61 Å². The topological polar surface area (TPSA) is 72.0 Å². The van der Waals surface area contributed by atoms with E-state index in [1.807, 2.05) is 20.8 Å². The normalized spacial score (nSPS) is 27.7. The van der Waals surface area contributed by atoms with Crippen LogP contribution in [0, 0.1) is 5.92 Å². The van der Waals surface area contributed by atoms with Crippen LogP contribution >= 0.6 is 11.6 Å². The molecule has 0 bridgehead atoms. The molecular weight excluding hydrogens is 318 g/mol. The van der Waals surface area contributed by atoms with Crippen molar-refractivity contribution in [3.63, 3.8) is 0 Å². The Labute approximate surface area is 142 Å². The minimum absolute atomic E-state index is 0.190. The Morgan fingerprint density at radius 1 is 1.39 bits per heavy atom. The first-order valence-electron chi connectivity index (χ1n) is 8.07. The minimum Gasteiger partial charge on any atom is -0.490 e. The van der Waals surface area contributed by atoms with E-state index in [4.69, 9.17) is 21.1 Å². The number of allylic oxidation sites excluding steroid dienone is 1. The number of hydrogen-bond donors (Lipinski definition) is 2. The van der Waals surface area contributed by atoms with Crippen LogP contribution in [0.4, 0.5) is 4.79 Å². The lowest BCUT2D eigenvalue weighted by Gasteiger charge is -2.30. The molecule has 1 atom stereocenters. The van der Waals surface area contributed by atoms with Crippen molar-refractivity contribution in [1.29, 1.82) is 0 Å². The lowest BCUT2D eigenvalue weighted by Crippen LogP contribution is -2.41. The largest absolute Gasteiger partial charge is 0.490 e. The zero-order chi connectivity index (χ0) is 16.9. The summed E-state index contributed by atoms with van der Waals surface area (Å²) in [5.41, 5.74) is -0.864. The summed E-state index contributed by atoms with van der Waals surface area (Å²) < 4.78 is 11.0. The van der Waals surface area contributed by atoms with Gasteiger partial charge in [-0.2, -0.15) is 0 Å². The molecule has 2 N–H and O–H groups in total. The smallest absolute Gasteiger partial charge is 0.407 e. The molecule has 0 spiro atoms. The van der Waals surface area contributed by atoms with Crippen LogP contribution in [0.25, 0.3) is 0 Å². The monoisotopic (exact) mass is 343 g/mol. The van der Waals surface area contributed by atoms with Gasteiger partial charge in [-0.15, -0.1) is 0 Å². The molecule has 0 aromatic rings. The van der Waals surface area contributed by atoms with Crippen LogP contribution in [0.15, 0.2) is 17.0 Å². The third kappa shape index (κ3) is 6.69. The Balaban J connectivity index is 1.64. The number of rotatable bonds is 4. The number of halogens is 1. The van der Waals surface area contributed by atoms with E-state index in [9.17, 15) is 4.79 Å². The lowest BCUT2D eigenvalue weighted by molar-refractivity contribution is 0.0479. The van der Waals surface area contributed by atoms with Crippen LogP contribution in [0.3, 0.4) is 0 Å². The maximum atomic E-state index is 11.8. The number of aliphatic imine (C=N–C) groups is 1. The van der Waals surface area contributed by atoms with Crippen LogP contribution in [0.2, 0.25) is 0 Å². The van der Waals surface area contributed by atoms with Gasteiger partial charge in [-0.05, 0) is 52.4 Å². The first kappa shape index (κ1) is 17.9. The average molecular weight is 344 g/mol. The highest BCUT2D eigenvalue weighted by atomic mass is 35.5. The van der Waals surface area contributed by atoms with Gasteiger partial charge in [0, 0.05) is 12.2 Å². The molecule has 1 fully saturated rings. The molecular formula is C16H26ClN3O3. The summed E-state index contributed by atoms with van der Waals surface area (Å²) in [6, 6.07) is 0.190. The number of ether oxygens (including phenoxy) is 2. The first-order chi connectivity index (χ1) is 10.8. The Bertz CT molecular complexity index is 466. The fourth-order valence-electron chi connectivity index (χ4n) is 2.61. The molecule has 1 aliphatic carbocycles. The van der Waals surface area contributed by atoms with Gasteiger partial charge in [0.1, 0.15) is 5.60 Å². The molecule has 1 aliphatic heterocycles. The molecule has 0 aromatic heterocycles. The van der Waals surface area contributed by atoms with Gasteiger partial charge in [-0.3, -0.25) is 0 Å². The van der Waals surface area contributed by atoms with Gasteiger partial charge in [0.2, 0.25) is 0 Å². The molecule has 1 amide bonds. The molecule has 1 saturated carbocycles. The summed E-state index contributed by atoms with van der Waals surface area (Å²) >= 11 is 5.77. The number of carbonyl (C=O) groups is 1. The van der Waals surface area contributed by atoms with Gasteiger partial charge in [0.05, 0.1) is 12.8 Å². The van der Waals surface area contributed by atoms with Crippen LogP contribution in [0.5, 0.6) is 0 Å². The zero-order valence-electron chi connectivity index (χ0n) is 14.0. The molecule has 6 nitrogen and oxygen atoms in total. The molecule has 0 radical (unpaired) electrons. The fourth-order valence-corrected chi connectivity index (χ4v) is 2.73. The van der Waals surface area contributed by atoms with Crippen molar-refractivity contribution in [2.24, 2.45) is 10.9 Å². The maximum Gasteiger partial charge on any atom is 0.407 e. The second-order valence-corrected chi connectivity index (χ2v) is 7.42. The highest BCUT2D eigenvalue weighted by Crippen LogP contribution is 2.25. The highest BCUT2D eigenvalue weighted by Gasteiger charge is 2.25. The molecule has 7 heteroatoms. The Morgan fingerprint density at radius 3 is 2.65 bits per heavy atom. The van der Waals surface area contributed by atoms with E-state index in [1.54, 1.807) is 12.4 Å². The first-order valence-corrected chi connectivity index (χ1v) is 8.51. The number of hydrogen-bond acceptors (Lipinski definition) is 5. The number of alkyl carbamates (subject to hydrolysis) is 1. The maximum absolute atomic E-state index is 11.8. The molecule has 2 aliphatic rings. The van der Waals surface area contributed by atoms with Gasteiger partial charge < -0.3 is 20.1 Å². The molecule has 0 aromatic carbocycles. The third-order valence-electron chi connectivity index (χ3n) is 3.75. The molecule has 130 valence electrons. The van der Waals surface area contributed by atoms with Gasteiger partial charge in [0.25, 0.3) is 0 Å². The van der Waals surface area contributed by atoms with E-state index >= 15 is 0 Å². The summed E-state index contributed by atoms with van der Waals surface area (Å²) in [7, 11) is 0. The minimum atomic E-state index is -0.458. The van der Waals surface area contributed by atoms with Crippen molar-refractivity contribution < 1.29 is 14.3 Å². The average Bonchev–Trinajstić information content (AvgIpc) is 2.46. The van der Waals surface area contributed by atoms with E-state index in [2.05, 4.69) is 15.6 Å². The molecule has 1 heterocycles. The quantitative estimate of drug-likeness (QED) is 0.607. The van der Waals surface area contributed by atoms with Crippen LogP contribution < -0.4 is 10.6 Å². The molecule has 23 heavy (non-hydrogen) atoms. The van der Waals surface area contributed by atoms with Crippen molar-refractivity contribution in [3.8, 4) is 0 Å². The predicted molar refractivity (Wildman–Crippen MR) is 90.4 cm³/mol.